The fraction of sp³-hybridized carbons (Fsp3) is 0.571. The smallest absolute Gasteiger partial charge is 0.240 e. The van der Waals surface area contributed by atoms with Crippen LogP contribution >= 0.6 is 11.3 Å². The number of anilines is 2. The van der Waals surface area contributed by atoms with E-state index in [0.717, 1.165) is 28.5 Å². The number of fused-ring (bicyclic) bond motifs is 1. The average Bonchev–Trinajstić information content (AvgIpc) is 2.96. The monoisotopic (exact) mass is 306 g/mol. The number of hydrogen-bond acceptors (Lipinski definition) is 7. The summed E-state index contributed by atoms with van der Waals surface area (Å²) in [6.07, 6.45) is 2.50. The van der Waals surface area contributed by atoms with Gasteiger partial charge in [-0.15, -0.1) is 11.3 Å². The molecule has 0 radical (unpaired) electrons. The lowest BCUT2D eigenvalue weighted by Crippen LogP contribution is -2.36. The van der Waals surface area contributed by atoms with Gasteiger partial charge in [0.1, 0.15) is 10.6 Å². The van der Waals surface area contributed by atoms with Crippen LogP contribution in [0, 0.1) is 5.92 Å². The van der Waals surface area contributed by atoms with Crippen molar-refractivity contribution in [1.82, 2.24) is 14.9 Å². The third kappa shape index (κ3) is 3.09. The number of nitrogens with zero attached hydrogens (tertiary/aromatic N) is 4. The minimum Gasteiger partial charge on any atom is -0.359 e. The van der Waals surface area contributed by atoms with Gasteiger partial charge < -0.3 is 9.80 Å². The average molecular weight is 306 g/mol. The number of hydrogen-bond donors (Lipinski definition) is 2. The topological polar surface area (TPSA) is 70.3 Å². The first-order valence-corrected chi connectivity index (χ1v) is 8.17. The first-order valence-electron chi connectivity index (χ1n) is 7.29. The van der Waals surface area contributed by atoms with Crippen LogP contribution < -0.4 is 16.2 Å². The number of nitrogens with one attached hydrogen (secondary N) is 1. The minimum atomic E-state index is 0.482. The summed E-state index contributed by atoms with van der Waals surface area (Å²) in [5.74, 6) is 7.66. The lowest BCUT2D eigenvalue weighted by molar-refractivity contribution is 0.222. The van der Waals surface area contributed by atoms with Crippen molar-refractivity contribution in [2.45, 2.75) is 12.8 Å². The van der Waals surface area contributed by atoms with Gasteiger partial charge in [0.2, 0.25) is 5.95 Å². The van der Waals surface area contributed by atoms with Gasteiger partial charge in [-0.25, -0.2) is 10.8 Å². The minimum absolute atomic E-state index is 0.482. The third-order valence-electron chi connectivity index (χ3n) is 4.17. The highest BCUT2D eigenvalue weighted by molar-refractivity contribution is 7.16. The van der Waals surface area contributed by atoms with Crippen molar-refractivity contribution in [1.29, 1.82) is 0 Å². The Hall–Kier alpha value is -1.44. The van der Waals surface area contributed by atoms with Gasteiger partial charge in [-0.2, -0.15) is 4.98 Å². The van der Waals surface area contributed by atoms with Crippen LogP contribution in [-0.2, 0) is 0 Å². The van der Waals surface area contributed by atoms with Crippen LogP contribution in [0.3, 0.4) is 0 Å². The molecule has 1 fully saturated rings. The molecule has 0 amide bonds. The third-order valence-corrected chi connectivity index (χ3v) is 4.97. The molecular formula is C14H22N6S. The van der Waals surface area contributed by atoms with E-state index in [-0.39, 0.29) is 0 Å². The number of nitrogen functional groups attached to an aromatic ring is 1. The molecule has 2 aromatic rings. The van der Waals surface area contributed by atoms with Crippen molar-refractivity contribution in [2.75, 3.05) is 44.1 Å². The van der Waals surface area contributed by atoms with Crippen LogP contribution in [0.25, 0.3) is 10.2 Å². The van der Waals surface area contributed by atoms with E-state index < -0.39 is 0 Å². The van der Waals surface area contributed by atoms with Gasteiger partial charge in [0.05, 0.1) is 5.39 Å². The number of likely N-dealkylation sites (tertiary alicyclic amines) is 1. The summed E-state index contributed by atoms with van der Waals surface area (Å²) in [6.45, 7) is 3.40. The molecule has 0 bridgehead atoms. The number of piperidine rings is 1. The molecule has 0 aromatic carbocycles. The van der Waals surface area contributed by atoms with Gasteiger partial charge in [0, 0.05) is 13.6 Å². The molecular weight excluding hydrogens is 284 g/mol. The fourth-order valence-electron chi connectivity index (χ4n) is 2.91. The first kappa shape index (κ1) is 14.5. The zero-order chi connectivity index (χ0) is 14.8. The lowest BCUT2D eigenvalue weighted by atomic mass is 9.96. The Morgan fingerprint density at radius 1 is 1.43 bits per heavy atom. The second-order valence-corrected chi connectivity index (χ2v) is 6.68. The molecule has 0 aliphatic carbocycles. The van der Waals surface area contributed by atoms with Gasteiger partial charge in [-0.05, 0) is 50.3 Å². The molecule has 1 aliphatic rings. The maximum atomic E-state index is 5.48. The van der Waals surface area contributed by atoms with E-state index in [0.29, 0.717) is 5.95 Å². The molecule has 3 heterocycles. The first-order chi connectivity index (χ1) is 10.2. The van der Waals surface area contributed by atoms with E-state index in [9.17, 15) is 0 Å². The zero-order valence-corrected chi connectivity index (χ0v) is 13.4. The van der Waals surface area contributed by atoms with E-state index in [1.807, 2.05) is 5.38 Å². The maximum Gasteiger partial charge on any atom is 0.240 e. The van der Waals surface area contributed by atoms with Crippen molar-refractivity contribution in [3.63, 3.8) is 0 Å². The predicted octanol–water partition coefficient (Wildman–Crippen LogP) is 1.75. The van der Waals surface area contributed by atoms with E-state index >= 15 is 0 Å². The molecule has 0 atom stereocenters. The summed E-state index contributed by atoms with van der Waals surface area (Å²) < 4.78 is 0. The number of nitrogens with two attached hydrogens (primary N) is 1. The molecule has 3 N–H and O–H groups in total. The summed E-state index contributed by atoms with van der Waals surface area (Å²) in [5, 5.41) is 3.15. The molecule has 0 spiro atoms. The molecule has 21 heavy (non-hydrogen) atoms. The van der Waals surface area contributed by atoms with Crippen LogP contribution in [0.1, 0.15) is 12.8 Å². The Balaban J connectivity index is 1.80. The molecule has 6 nitrogen and oxygen atoms in total. The number of thiophene rings is 1. The Labute approximate surface area is 128 Å². The van der Waals surface area contributed by atoms with Crippen LogP contribution in [0.15, 0.2) is 11.4 Å². The Morgan fingerprint density at radius 3 is 2.90 bits per heavy atom. The summed E-state index contributed by atoms with van der Waals surface area (Å²) in [4.78, 5) is 14.6. The molecule has 7 heteroatoms. The van der Waals surface area contributed by atoms with E-state index in [2.05, 4.69) is 45.4 Å². The van der Waals surface area contributed by atoms with Crippen molar-refractivity contribution < 1.29 is 0 Å². The van der Waals surface area contributed by atoms with Gasteiger partial charge >= 0.3 is 0 Å². The number of aromatic nitrogens is 2. The summed E-state index contributed by atoms with van der Waals surface area (Å²) in [6, 6.07) is 2.08. The lowest BCUT2D eigenvalue weighted by Gasteiger charge is -2.32. The second-order valence-electron chi connectivity index (χ2n) is 5.78. The number of rotatable bonds is 4. The van der Waals surface area contributed by atoms with E-state index in [1.54, 1.807) is 11.3 Å². The molecule has 0 unspecified atom stereocenters. The van der Waals surface area contributed by atoms with Crippen LogP contribution in [0.2, 0.25) is 0 Å². The van der Waals surface area contributed by atoms with Gasteiger partial charge in [-0.3, -0.25) is 5.43 Å². The van der Waals surface area contributed by atoms with Crippen molar-refractivity contribution in [3.8, 4) is 0 Å². The maximum absolute atomic E-state index is 5.48. The standard InChI is InChI=1S/C14H22N6S/c1-19-6-3-10(4-7-19)9-20(2)12-11-5-8-21-13(11)17-14(16-12)18-15/h5,8,10H,3-4,6-7,9,15H2,1-2H3,(H,16,17,18). The molecule has 114 valence electrons. The highest BCUT2D eigenvalue weighted by atomic mass is 32.1. The van der Waals surface area contributed by atoms with Crippen molar-refractivity contribution in [3.05, 3.63) is 11.4 Å². The zero-order valence-electron chi connectivity index (χ0n) is 12.5. The predicted molar refractivity (Wildman–Crippen MR) is 88.7 cm³/mol. The molecule has 2 aromatic heterocycles. The highest BCUT2D eigenvalue weighted by Gasteiger charge is 2.20. The summed E-state index contributed by atoms with van der Waals surface area (Å²) in [7, 11) is 4.30. The second kappa shape index (κ2) is 6.13. The van der Waals surface area contributed by atoms with Crippen LogP contribution in [-0.4, -0.2) is 48.6 Å². The summed E-state index contributed by atoms with van der Waals surface area (Å²) >= 11 is 1.61. The Kier molecular flexibility index (Phi) is 4.23. The van der Waals surface area contributed by atoms with Gasteiger partial charge in [0.15, 0.2) is 0 Å². The highest BCUT2D eigenvalue weighted by Crippen LogP contribution is 2.29. The molecule has 1 aliphatic heterocycles. The summed E-state index contributed by atoms with van der Waals surface area (Å²) in [5.41, 5.74) is 2.56. The van der Waals surface area contributed by atoms with E-state index in [4.69, 9.17) is 5.84 Å². The molecule has 0 saturated carbocycles. The largest absolute Gasteiger partial charge is 0.359 e. The number of hydrazine groups is 1. The van der Waals surface area contributed by atoms with Crippen molar-refractivity contribution >= 4 is 33.3 Å². The van der Waals surface area contributed by atoms with Gasteiger partial charge in [0.25, 0.3) is 0 Å². The van der Waals surface area contributed by atoms with E-state index in [1.165, 1.54) is 25.9 Å². The normalized spacial score (nSPS) is 17.3. The Morgan fingerprint density at radius 2 is 2.19 bits per heavy atom. The van der Waals surface area contributed by atoms with Crippen molar-refractivity contribution in [2.24, 2.45) is 11.8 Å². The van der Waals surface area contributed by atoms with Crippen LogP contribution in [0.4, 0.5) is 11.8 Å². The fourth-order valence-corrected chi connectivity index (χ4v) is 3.67. The Bertz CT molecular complexity index is 605. The molecule has 1 saturated heterocycles. The quantitative estimate of drug-likeness (QED) is 0.662. The van der Waals surface area contributed by atoms with Gasteiger partial charge in [-0.1, -0.05) is 0 Å². The van der Waals surface area contributed by atoms with Crippen LogP contribution in [0.5, 0.6) is 0 Å². The molecule has 3 rings (SSSR count). The SMILES string of the molecule is CN1CCC(CN(C)c2nc(NN)nc3sccc23)CC1.